The third-order valence-electron chi connectivity index (χ3n) is 5.38. The fourth-order valence-electron chi connectivity index (χ4n) is 3.88. The van der Waals surface area contributed by atoms with Gasteiger partial charge in [0, 0.05) is 37.3 Å². The van der Waals surface area contributed by atoms with Crippen LogP contribution in [0.15, 0.2) is 47.4 Å². The number of benzene rings is 2. The van der Waals surface area contributed by atoms with E-state index in [0.29, 0.717) is 12.1 Å². The molecule has 0 saturated carbocycles. The molecular weight excluding hydrogens is 438 g/mol. The van der Waals surface area contributed by atoms with E-state index in [1.807, 2.05) is 12.1 Å². The molecule has 2 N–H and O–H groups in total. The molecule has 1 amide bonds. The third-order valence-corrected chi connectivity index (χ3v) is 7.14. The van der Waals surface area contributed by atoms with Crippen molar-refractivity contribution in [1.29, 1.82) is 0 Å². The van der Waals surface area contributed by atoms with Crippen LogP contribution in [-0.2, 0) is 27.8 Å². The topological polar surface area (TPSA) is 87.7 Å². The molecule has 0 aromatic heterocycles. The Bertz CT molecular complexity index is 1090. The number of carbonyl (C=O) groups is 1. The quantitative estimate of drug-likeness (QED) is 0.645. The van der Waals surface area contributed by atoms with Crippen LogP contribution >= 0.6 is 0 Å². The third kappa shape index (κ3) is 7.37. The number of nitrogens with zero attached hydrogens (tertiary/aromatic N) is 1. The predicted octanol–water partition coefficient (Wildman–Crippen LogP) is 3.22. The second-order valence-electron chi connectivity index (χ2n) is 9.75. The van der Waals surface area contributed by atoms with E-state index in [2.05, 4.69) is 34.0 Å². The Morgan fingerprint density at radius 2 is 1.88 bits per heavy atom. The Labute approximate surface area is 197 Å². The number of rotatable bonds is 7. The lowest BCUT2D eigenvalue weighted by Gasteiger charge is -2.31. The zero-order valence-electron chi connectivity index (χ0n) is 20.1. The number of aryl methyl sites for hydroxylation is 1. The molecule has 1 heterocycles. The van der Waals surface area contributed by atoms with Crippen LogP contribution in [0, 0.1) is 6.92 Å². The first-order valence-corrected chi connectivity index (χ1v) is 12.8. The molecule has 3 rings (SSSR count). The van der Waals surface area contributed by atoms with Gasteiger partial charge in [0.25, 0.3) is 5.91 Å². The Morgan fingerprint density at radius 1 is 1.15 bits per heavy atom. The van der Waals surface area contributed by atoms with Crippen molar-refractivity contribution in [2.75, 3.05) is 19.7 Å². The van der Waals surface area contributed by atoms with Crippen LogP contribution in [0.5, 0.6) is 0 Å². The van der Waals surface area contributed by atoms with Crippen molar-refractivity contribution >= 4 is 15.9 Å². The standard InChI is InChI=1S/C25H35N3O4S/c1-18-9-10-22(33(30,31)27-25(3,4)5)14-23(18)24(29)26-15-20-7-6-8-21(13-20)17-28-11-12-32-19(2)16-28/h6-10,13-14,19,27H,11-12,15-17H2,1-5H3,(H,26,29). The highest BCUT2D eigenvalue weighted by Gasteiger charge is 2.23. The fraction of sp³-hybridized carbons (Fsp3) is 0.480. The number of nitrogens with one attached hydrogen (secondary N) is 2. The lowest BCUT2D eigenvalue weighted by molar-refractivity contribution is -0.0212. The minimum absolute atomic E-state index is 0.0786. The zero-order chi connectivity index (χ0) is 24.2. The van der Waals surface area contributed by atoms with E-state index < -0.39 is 15.6 Å². The van der Waals surface area contributed by atoms with Gasteiger partial charge in [-0.1, -0.05) is 30.3 Å². The van der Waals surface area contributed by atoms with Crippen molar-refractivity contribution in [3.8, 4) is 0 Å². The molecule has 1 fully saturated rings. The van der Waals surface area contributed by atoms with Gasteiger partial charge in [0.1, 0.15) is 0 Å². The summed E-state index contributed by atoms with van der Waals surface area (Å²) in [5, 5.41) is 2.93. The Balaban J connectivity index is 1.67. The number of ether oxygens (including phenoxy) is 1. The van der Waals surface area contributed by atoms with Gasteiger partial charge >= 0.3 is 0 Å². The lowest BCUT2D eigenvalue weighted by Crippen LogP contribution is -2.40. The van der Waals surface area contributed by atoms with Gasteiger partial charge in [0.15, 0.2) is 0 Å². The van der Waals surface area contributed by atoms with Crippen LogP contribution < -0.4 is 10.0 Å². The van der Waals surface area contributed by atoms with Crippen LogP contribution in [0.3, 0.4) is 0 Å². The minimum atomic E-state index is -3.73. The van der Waals surface area contributed by atoms with Gasteiger partial charge in [-0.2, -0.15) is 0 Å². The number of hydrogen-bond acceptors (Lipinski definition) is 5. The highest BCUT2D eigenvalue weighted by molar-refractivity contribution is 7.89. The molecule has 0 spiro atoms. The van der Waals surface area contributed by atoms with E-state index in [0.717, 1.165) is 37.4 Å². The zero-order valence-corrected chi connectivity index (χ0v) is 21.0. The van der Waals surface area contributed by atoms with Gasteiger partial charge in [0.2, 0.25) is 10.0 Å². The normalized spacial score (nSPS) is 17.7. The Morgan fingerprint density at radius 3 is 2.58 bits per heavy atom. The summed E-state index contributed by atoms with van der Waals surface area (Å²) in [5.41, 5.74) is 2.64. The predicted molar refractivity (Wildman–Crippen MR) is 130 cm³/mol. The van der Waals surface area contributed by atoms with Crippen molar-refractivity contribution in [3.05, 3.63) is 64.7 Å². The van der Waals surface area contributed by atoms with Gasteiger partial charge < -0.3 is 10.1 Å². The molecular formula is C25H35N3O4S. The Kier molecular flexibility index (Phi) is 7.95. The maximum Gasteiger partial charge on any atom is 0.251 e. The lowest BCUT2D eigenvalue weighted by atomic mass is 10.1. The second-order valence-corrected chi connectivity index (χ2v) is 11.4. The number of amides is 1. The first-order chi connectivity index (χ1) is 15.4. The van der Waals surface area contributed by atoms with E-state index >= 15 is 0 Å². The van der Waals surface area contributed by atoms with Crippen LogP contribution in [0.25, 0.3) is 0 Å². The second kappa shape index (κ2) is 10.3. The molecule has 1 aliphatic rings. The van der Waals surface area contributed by atoms with Crippen LogP contribution in [-0.4, -0.2) is 50.6 Å². The highest BCUT2D eigenvalue weighted by atomic mass is 32.2. The van der Waals surface area contributed by atoms with Crippen LogP contribution in [0.2, 0.25) is 0 Å². The summed E-state index contributed by atoms with van der Waals surface area (Å²) in [6.07, 6.45) is 0.239. The largest absolute Gasteiger partial charge is 0.376 e. The molecule has 2 aromatic carbocycles. The van der Waals surface area contributed by atoms with E-state index in [4.69, 9.17) is 4.74 Å². The number of sulfonamides is 1. The smallest absolute Gasteiger partial charge is 0.251 e. The highest BCUT2D eigenvalue weighted by Crippen LogP contribution is 2.18. The molecule has 0 bridgehead atoms. The molecule has 1 atom stereocenters. The monoisotopic (exact) mass is 473 g/mol. The molecule has 2 aromatic rings. The van der Waals surface area contributed by atoms with Crippen molar-refractivity contribution in [2.45, 2.75) is 64.2 Å². The molecule has 7 nitrogen and oxygen atoms in total. The number of hydrogen-bond donors (Lipinski definition) is 2. The van der Waals surface area contributed by atoms with Crippen molar-refractivity contribution < 1.29 is 17.9 Å². The van der Waals surface area contributed by atoms with Crippen molar-refractivity contribution in [1.82, 2.24) is 14.9 Å². The Hall–Kier alpha value is -2.26. The average molecular weight is 474 g/mol. The van der Waals surface area contributed by atoms with E-state index in [-0.39, 0.29) is 16.9 Å². The number of carbonyl (C=O) groups excluding carboxylic acids is 1. The van der Waals surface area contributed by atoms with Crippen molar-refractivity contribution in [2.24, 2.45) is 0 Å². The van der Waals surface area contributed by atoms with Gasteiger partial charge in [0.05, 0.1) is 17.6 Å². The molecule has 0 aliphatic carbocycles. The average Bonchev–Trinajstić information content (AvgIpc) is 2.71. The summed E-state index contributed by atoms with van der Waals surface area (Å²) in [4.78, 5) is 15.3. The van der Waals surface area contributed by atoms with Crippen molar-refractivity contribution in [3.63, 3.8) is 0 Å². The maximum absolute atomic E-state index is 12.9. The molecule has 1 unspecified atom stereocenters. The molecule has 1 aliphatic heterocycles. The maximum atomic E-state index is 12.9. The summed E-state index contributed by atoms with van der Waals surface area (Å²) in [5.74, 6) is -0.298. The fourth-order valence-corrected chi connectivity index (χ4v) is 5.33. The van der Waals surface area contributed by atoms with Gasteiger partial charge in [-0.25, -0.2) is 13.1 Å². The molecule has 1 saturated heterocycles. The van der Waals surface area contributed by atoms with E-state index in [9.17, 15) is 13.2 Å². The molecule has 0 radical (unpaired) electrons. The number of morpholine rings is 1. The van der Waals surface area contributed by atoms with Crippen LogP contribution in [0.1, 0.15) is 54.7 Å². The van der Waals surface area contributed by atoms with Gasteiger partial charge in [-0.15, -0.1) is 0 Å². The van der Waals surface area contributed by atoms with Gasteiger partial charge in [-0.05, 0) is 63.4 Å². The van der Waals surface area contributed by atoms with E-state index in [1.54, 1.807) is 33.8 Å². The summed E-state index contributed by atoms with van der Waals surface area (Å²) >= 11 is 0. The first-order valence-electron chi connectivity index (χ1n) is 11.3. The minimum Gasteiger partial charge on any atom is -0.376 e. The van der Waals surface area contributed by atoms with E-state index in [1.165, 1.54) is 17.7 Å². The van der Waals surface area contributed by atoms with Crippen LogP contribution in [0.4, 0.5) is 0 Å². The summed E-state index contributed by atoms with van der Waals surface area (Å²) in [6, 6.07) is 12.8. The SMILES string of the molecule is Cc1ccc(S(=O)(=O)NC(C)(C)C)cc1C(=O)NCc1cccc(CN2CCOC(C)C2)c1. The molecule has 8 heteroatoms. The van der Waals surface area contributed by atoms with Gasteiger partial charge in [-0.3, -0.25) is 9.69 Å². The summed E-state index contributed by atoms with van der Waals surface area (Å²) < 4.78 is 33.6. The summed E-state index contributed by atoms with van der Waals surface area (Å²) in [7, 11) is -3.73. The summed E-state index contributed by atoms with van der Waals surface area (Å²) in [6.45, 7) is 13.0. The first kappa shape index (κ1) is 25.4. The molecule has 180 valence electrons. The molecule has 33 heavy (non-hydrogen) atoms.